The van der Waals surface area contributed by atoms with Crippen molar-refractivity contribution in [1.29, 1.82) is 0 Å². The van der Waals surface area contributed by atoms with E-state index in [9.17, 15) is 5.11 Å². The molecule has 1 aliphatic rings. The van der Waals surface area contributed by atoms with E-state index in [4.69, 9.17) is 18.0 Å². The molecule has 4 N–H and O–H groups in total. The number of nitrogens with one attached hydrogen (secondary N) is 1. The summed E-state index contributed by atoms with van der Waals surface area (Å²) in [6.45, 7) is 2.02. The van der Waals surface area contributed by atoms with E-state index in [-0.39, 0.29) is 6.10 Å². The zero-order valence-electron chi connectivity index (χ0n) is 10.6. The Labute approximate surface area is 113 Å². The number of hydrogen-bond donors (Lipinski definition) is 3. The van der Waals surface area contributed by atoms with Crippen LogP contribution in [-0.4, -0.2) is 22.2 Å². The summed E-state index contributed by atoms with van der Waals surface area (Å²) >= 11 is 5.00. The van der Waals surface area contributed by atoms with Gasteiger partial charge >= 0.3 is 0 Å². The van der Waals surface area contributed by atoms with Crippen molar-refractivity contribution in [3.63, 3.8) is 0 Å². The maximum atomic E-state index is 9.48. The number of rotatable bonds is 3. The molecule has 0 saturated heterocycles. The first-order valence-electron chi connectivity index (χ1n) is 6.41. The summed E-state index contributed by atoms with van der Waals surface area (Å²) < 4.78 is 0. The summed E-state index contributed by atoms with van der Waals surface area (Å²) in [4.78, 5) is 0.444. The minimum Gasteiger partial charge on any atom is -0.393 e. The van der Waals surface area contributed by atoms with Crippen LogP contribution < -0.4 is 11.1 Å². The lowest BCUT2D eigenvalue weighted by Crippen LogP contribution is -2.28. The van der Waals surface area contributed by atoms with Crippen LogP contribution in [0.25, 0.3) is 0 Å². The number of nitrogens with two attached hydrogens (primary N) is 1. The van der Waals surface area contributed by atoms with Crippen molar-refractivity contribution >= 4 is 22.9 Å². The average molecular weight is 264 g/mol. The molecule has 1 aliphatic carbocycles. The fraction of sp³-hybridized carbons (Fsp3) is 0.500. The number of thiocarbonyl (C=S) groups is 1. The Balaban J connectivity index is 2.02. The number of aryl methyl sites for hydroxylation is 1. The Hall–Kier alpha value is -1.13. The summed E-state index contributed by atoms with van der Waals surface area (Å²) in [6, 6.07) is 6.53. The quantitative estimate of drug-likeness (QED) is 0.734. The molecule has 1 saturated carbocycles. The van der Waals surface area contributed by atoms with Crippen LogP contribution >= 0.6 is 12.2 Å². The standard InChI is InChI=1S/C14H20N2OS/c1-9-8-11(4-7-13(9)14(15)18)16-10-2-5-12(17)6-3-10/h4,7-8,10,12,16-17H,2-3,5-6H2,1H3,(H2,15,18). The summed E-state index contributed by atoms with van der Waals surface area (Å²) in [5.41, 5.74) is 8.79. The molecule has 0 unspecified atom stereocenters. The predicted molar refractivity (Wildman–Crippen MR) is 79.0 cm³/mol. The Bertz CT molecular complexity index is 439. The maximum Gasteiger partial charge on any atom is 0.104 e. The molecule has 0 bridgehead atoms. The van der Waals surface area contributed by atoms with Crippen molar-refractivity contribution in [2.75, 3.05) is 5.32 Å². The first-order valence-corrected chi connectivity index (χ1v) is 6.82. The number of benzene rings is 1. The molecule has 0 radical (unpaired) electrons. The number of aliphatic hydroxyl groups excluding tert-OH is 1. The molecule has 2 rings (SSSR count). The third kappa shape index (κ3) is 3.21. The Morgan fingerprint density at radius 1 is 1.33 bits per heavy atom. The van der Waals surface area contributed by atoms with Crippen molar-refractivity contribution < 1.29 is 5.11 Å². The zero-order valence-corrected chi connectivity index (χ0v) is 11.5. The Morgan fingerprint density at radius 2 is 2.00 bits per heavy atom. The van der Waals surface area contributed by atoms with Gasteiger partial charge < -0.3 is 16.2 Å². The van der Waals surface area contributed by atoms with Gasteiger partial charge in [0.25, 0.3) is 0 Å². The lowest BCUT2D eigenvalue weighted by atomic mass is 9.93. The van der Waals surface area contributed by atoms with Crippen molar-refractivity contribution in [3.05, 3.63) is 29.3 Å². The summed E-state index contributed by atoms with van der Waals surface area (Å²) in [7, 11) is 0. The minimum atomic E-state index is -0.109. The van der Waals surface area contributed by atoms with E-state index < -0.39 is 0 Å². The molecule has 0 aliphatic heterocycles. The van der Waals surface area contributed by atoms with Crippen LogP contribution in [0.15, 0.2) is 18.2 Å². The van der Waals surface area contributed by atoms with Gasteiger partial charge in [-0.05, 0) is 56.4 Å². The summed E-state index contributed by atoms with van der Waals surface area (Å²) in [5.74, 6) is 0. The number of aliphatic hydroxyl groups is 1. The molecular formula is C14H20N2OS. The van der Waals surface area contributed by atoms with Crippen molar-refractivity contribution in [2.24, 2.45) is 5.73 Å². The van der Waals surface area contributed by atoms with Gasteiger partial charge in [-0.3, -0.25) is 0 Å². The third-order valence-electron chi connectivity index (χ3n) is 3.56. The van der Waals surface area contributed by atoms with E-state index in [1.54, 1.807) is 0 Å². The second-order valence-corrected chi connectivity index (χ2v) is 5.48. The first kappa shape index (κ1) is 13.3. The molecule has 0 atom stereocenters. The van der Waals surface area contributed by atoms with Gasteiger partial charge in [0.2, 0.25) is 0 Å². The van der Waals surface area contributed by atoms with E-state index >= 15 is 0 Å². The molecule has 0 aromatic heterocycles. The SMILES string of the molecule is Cc1cc(NC2CCC(O)CC2)ccc1C(N)=S. The third-order valence-corrected chi connectivity index (χ3v) is 3.78. The van der Waals surface area contributed by atoms with Crippen molar-refractivity contribution in [2.45, 2.75) is 44.8 Å². The van der Waals surface area contributed by atoms with Crippen LogP contribution in [0.5, 0.6) is 0 Å². The first-order chi connectivity index (χ1) is 8.56. The van der Waals surface area contributed by atoms with Gasteiger partial charge in [-0.2, -0.15) is 0 Å². The zero-order chi connectivity index (χ0) is 13.1. The highest BCUT2D eigenvalue weighted by molar-refractivity contribution is 7.80. The molecule has 1 fully saturated rings. The highest BCUT2D eigenvalue weighted by atomic mass is 32.1. The van der Waals surface area contributed by atoms with Gasteiger partial charge in [0.05, 0.1) is 6.10 Å². The second-order valence-electron chi connectivity index (χ2n) is 5.04. The van der Waals surface area contributed by atoms with Gasteiger partial charge in [-0.15, -0.1) is 0 Å². The Morgan fingerprint density at radius 3 is 2.56 bits per heavy atom. The topological polar surface area (TPSA) is 58.3 Å². The number of anilines is 1. The van der Waals surface area contributed by atoms with E-state index in [1.807, 2.05) is 19.1 Å². The van der Waals surface area contributed by atoms with E-state index in [0.717, 1.165) is 42.5 Å². The molecule has 0 heterocycles. The van der Waals surface area contributed by atoms with Gasteiger partial charge in [0, 0.05) is 17.3 Å². The molecular weight excluding hydrogens is 244 g/mol. The average Bonchev–Trinajstić information content (AvgIpc) is 2.32. The van der Waals surface area contributed by atoms with Crippen LogP contribution in [0.2, 0.25) is 0 Å². The smallest absolute Gasteiger partial charge is 0.104 e. The molecule has 1 aromatic rings. The largest absolute Gasteiger partial charge is 0.393 e. The highest BCUT2D eigenvalue weighted by Crippen LogP contribution is 2.23. The fourth-order valence-corrected chi connectivity index (χ4v) is 2.71. The minimum absolute atomic E-state index is 0.109. The van der Waals surface area contributed by atoms with Crippen LogP contribution in [0.3, 0.4) is 0 Å². The molecule has 4 heteroatoms. The van der Waals surface area contributed by atoms with Gasteiger partial charge in [0.1, 0.15) is 4.99 Å². The monoisotopic (exact) mass is 264 g/mol. The predicted octanol–water partition coefficient (Wildman–Crippen LogP) is 2.34. The number of hydrogen-bond acceptors (Lipinski definition) is 3. The van der Waals surface area contributed by atoms with Crippen LogP contribution in [-0.2, 0) is 0 Å². The van der Waals surface area contributed by atoms with E-state index in [1.165, 1.54) is 0 Å². The highest BCUT2D eigenvalue weighted by Gasteiger charge is 2.19. The molecule has 3 nitrogen and oxygen atoms in total. The molecule has 0 spiro atoms. The van der Waals surface area contributed by atoms with E-state index in [0.29, 0.717) is 11.0 Å². The van der Waals surface area contributed by atoms with Crippen LogP contribution in [0.1, 0.15) is 36.8 Å². The second kappa shape index (κ2) is 5.67. The normalized spacial score (nSPS) is 23.7. The van der Waals surface area contributed by atoms with Gasteiger partial charge in [-0.25, -0.2) is 0 Å². The van der Waals surface area contributed by atoms with Crippen molar-refractivity contribution in [3.8, 4) is 0 Å². The maximum absolute atomic E-state index is 9.48. The fourth-order valence-electron chi connectivity index (χ4n) is 2.49. The lowest BCUT2D eigenvalue weighted by molar-refractivity contribution is 0.126. The Kier molecular flexibility index (Phi) is 4.19. The molecule has 0 amide bonds. The molecule has 98 valence electrons. The lowest BCUT2D eigenvalue weighted by Gasteiger charge is -2.27. The molecule has 18 heavy (non-hydrogen) atoms. The van der Waals surface area contributed by atoms with E-state index in [2.05, 4.69) is 11.4 Å². The van der Waals surface area contributed by atoms with Crippen molar-refractivity contribution in [1.82, 2.24) is 0 Å². The van der Waals surface area contributed by atoms with Gasteiger partial charge in [-0.1, -0.05) is 12.2 Å². The van der Waals surface area contributed by atoms with Gasteiger partial charge in [0.15, 0.2) is 0 Å². The van der Waals surface area contributed by atoms with Crippen LogP contribution in [0, 0.1) is 6.92 Å². The van der Waals surface area contributed by atoms with Crippen LogP contribution in [0.4, 0.5) is 5.69 Å². The summed E-state index contributed by atoms with van der Waals surface area (Å²) in [5, 5.41) is 13.0. The summed E-state index contributed by atoms with van der Waals surface area (Å²) in [6.07, 6.45) is 3.72. The molecule has 1 aromatic carbocycles.